The van der Waals surface area contributed by atoms with E-state index in [2.05, 4.69) is 9.97 Å². The number of hydrogen-bond donors (Lipinski definition) is 1. The molecular weight excluding hydrogens is 192 g/mol. The molecule has 2 N–H and O–H groups in total. The van der Waals surface area contributed by atoms with Crippen molar-refractivity contribution in [1.82, 2.24) is 14.9 Å². The van der Waals surface area contributed by atoms with Gasteiger partial charge in [-0.05, 0) is 13.8 Å². The molecule has 0 saturated carbocycles. The van der Waals surface area contributed by atoms with Crippen molar-refractivity contribution in [2.45, 2.75) is 25.9 Å². The molecule has 0 aliphatic heterocycles. The molecule has 0 fully saturated rings. The van der Waals surface area contributed by atoms with E-state index in [4.69, 9.17) is 5.73 Å². The normalized spacial score (nSPS) is 14.4. The molecule has 5 nitrogen and oxygen atoms in total. The van der Waals surface area contributed by atoms with Gasteiger partial charge in [-0.2, -0.15) is 0 Å². The number of carbonyl (C=O) groups excluding carboxylic acids is 1. The fourth-order valence-electron chi connectivity index (χ4n) is 1.24. The van der Waals surface area contributed by atoms with Gasteiger partial charge in [0.25, 0.3) is 0 Å². The van der Waals surface area contributed by atoms with Crippen LogP contribution in [0.4, 0.5) is 0 Å². The molecule has 1 rings (SSSR count). The second kappa shape index (κ2) is 4.84. The van der Waals surface area contributed by atoms with Crippen molar-refractivity contribution in [3.05, 3.63) is 24.3 Å². The first-order valence-electron chi connectivity index (χ1n) is 4.82. The SMILES string of the molecule is CC(N)C(=O)N(C)[C@@H](C)c1cnccn1. The van der Waals surface area contributed by atoms with Crippen LogP contribution in [0.3, 0.4) is 0 Å². The first-order valence-corrected chi connectivity index (χ1v) is 4.82. The van der Waals surface area contributed by atoms with E-state index in [1.54, 1.807) is 37.5 Å². The number of carbonyl (C=O) groups is 1. The quantitative estimate of drug-likeness (QED) is 0.777. The van der Waals surface area contributed by atoms with Crippen LogP contribution in [0.15, 0.2) is 18.6 Å². The molecule has 1 aromatic rings. The fourth-order valence-corrected chi connectivity index (χ4v) is 1.24. The highest BCUT2D eigenvalue weighted by atomic mass is 16.2. The minimum atomic E-state index is -0.492. The summed E-state index contributed by atoms with van der Waals surface area (Å²) in [5.41, 5.74) is 6.28. The predicted molar refractivity (Wildman–Crippen MR) is 56.9 cm³/mol. The summed E-state index contributed by atoms with van der Waals surface area (Å²) in [6, 6.07) is -0.605. The van der Waals surface area contributed by atoms with E-state index in [0.717, 1.165) is 5.69 Å². The summed E-state index contributed by atoms with van der Waals surface area (Å²) in [7, 11) is 1.71. The van der Waals surface area contributed by atoms with Crippen molar-refractivity contribution in [2.75, 3.05) is 7.05 Å². The van der Waals surface area contributed by atoms with Gasteiger partial charge in [-0.3, -0.25) is 14.8 Å². The Bertz CT molecular complexity index is 325. The van der Waals surface area contributed by atoms with Gasteiger partial charge >= 0.3 is 0 Å². The lowest BCUT2D eigenvalue weighted by atomic mass is 10.2. The summed E-state index contributed by atoms with van der Waals surface area (Å²) in [6.07, 6.45) is 4.86. The number of likely N-dealkylation sites (N-methyl/N-ethyl adjacent to an activating group) is 1. The first-order chi connectivity index (χ1) is 7.04. The molecule has 0 radical (unpaired) electrons. The van der Waals surface area contributed by atoms with Gasteiger partial charge in [0.2, 0.25) is 5.91 Å². The van der Waals surface area contributed by atoms with Crippen LogP contribution in [-0.2, 0) is 4.79 Å². The van der Waals surface area contributed by atoms with E-state index >= 15 is 0 Å². The number of hydrogen-bond acceptors (Lipinski definition) is 4. The monoisotopic (exact) mass is 208 g/mol. The summed E-state index contributed by atoms with van der Waals surface area (Å²) >= 11 is 0. The Morgan fingerprint density at radius 1 is 1.47 bits per heavy atom. The van der Waals surface area contributed by atoms with Crippen LogP contribution in [0.5, 0.6) is 0 Å². The highest BCUT2D eigenvalue weighted by Gasteiger charge is 2.20. The van der Waals surface area contributed by atoms with Crippen LogP contribution in [-0.4, -0.2) is 33.9 Å². The average Bonchev–Trinajstić information content (AvgIpc) is 2.27. The van der Waals surface area contributed by atoms with Gasteiger partial charge < -0.3 is 10.6 Å². The summed E-state index contributed by atoms with van der Waals surface area (Å²) in [5.74, 6) is -0.104. The lowest BCUT2D eigenvalue weighted by Gasteiger charge is -2.25. The predicted octanol–water partition coefficient (Wildman–Crippen LogP) is 0.343. The molecule has 2 atom stereocenters. The largest absolute Gasteiger partial charge is 0.336 e. The zero-order chi connectivity index (χ0) is 11.4. The summed E-state index contributed by atoms with van der Waals surface area (Å²) in [5, 5.41) is 0. The second-order valence-electron chi connectivity index (χ2n) is 3.54. The van der Waals surface area contributed by atoms with Crippen molar-refractivity contribution < 1.29 is 4.79 Å². The van der Waals surface area contributed by atoms with Crippen molar-refractivity contribution in [3.63, 3.8) is 0 Å². The van der Waals surface area contributed by atoms with E-state index in [0.29, 0.717) is 0 Å². The molecule has 82 valence electrons. The van der Waals surface area contributed by atoms with Crippen molar-refractivity contribution in [1.29, 1.82) is 0 Å². The number of aromatic nitrogens is 2. The Morgan fingerprint density at radius 2 is 2.13 bits per heavy atom. The van der Waals surface area contributed by atoms with E-state index in [1.807, 2.05) is 6.92 Å². The molecule has 0 bridgehead atoms. The topological polar surface area (TPSA) is 72.1 Å². The molecule has 1 unspecified atom stereocenters. The van der Waals surface area contributed by atoms with Gasteiger partial charge in [-0.25, -0.2) is 0 Å². The van der Waals surface area contributed by atoms with E-state index < -0.39 is 6.04 Å². The second-order valence-corrected chi connectivity index (χ2v) is 3.54. The highest BCUT2D eigenvalue weighted by molar-refractivity contribution is 5.81. The zero-order valence-corrected chi connectivity index (χ0v) is 9.21. The summed E-state index contributed by atoms with van der Waals surface area (Å²) < 4.78 is 0. The van der Waals surface area contributed by atoms with E-state index in [-0.39, 0.29) is 11.9 Å². The van der Waals surface area contributed by atoms with Crippen LogP contribution in [0, 0.1) is 0 Å². The van der Waals surface area contributed by atoms with Gasteiger partial charge in [-0.1, -0.05) is 0 Å². The highest BCUT2D eigenvalue weighted by Crippen LogP contribution is 2.15. The van der Waals surface area contributed by atoms with Gasteiger partial charge in [-0.15, -0.1) is 0 Å². The van der Waals surface area contributed by atoms with Gasteiger partial charge in [0.1, 0.15) is 0 Å². The third-order valence-electron chi connectivity index (χ3n) is 2.33. The van der Waals surface area contributed by atoms with Gasteiger partial charge in [0.15, 0.2) is 0 Å². The Labute approximate surface area is 89.3 Å². The van der Waals surface area contributed by atoms with Crippen molar-refractivity contribution >= 4 is 5.91 Å². The number of rotatable bonds is 3. The maximum Gasteiger partial charge on any atom is 0.239 e. The third kappa shape index (κ3) is 2.73. The Balaban J connectivity index is 2.77. The smallest absolute Gasteiger partial charge is 0.239 e. The van der Waals surface area contributed by atoms with Crippen LogP contribution < -0.4 is 5.73 Å². The van der Waals surface area contributed by atoms with E-state index in [9.17, 15) is 4.79 Å². The molecule has 1 aromatic heterocycles. The first kappa shape index (κ1) is 11.6. The molecule has 0 saturated heterocycles. The molecule has 0 aromatic carbocycles. The van der Waals surface area contributed by atoms with Crippen LogP contribution in [0.25, 0.3) is 0 Å². The Hall–Kier alpha value is -1.49. The molecule has 0 aliphatic carbocycles. The van der Waals surface area contributed by atoms with E-state index in [1.165, 1.54) is 0 Å². The van der Waals surface area contributed by atoms with Gasteiger partial charge in [0.05, 0.1) is 24.0 Å². The Kier molecular flexibility index (Phi) is 3.74. The zero-order valence-electron chi connectivity index (χ0n) is 9.21. The molecule has 1 heterocycles. The number of nitrogens with zero attached hydrogens (tertiary/aromatic N) is 3. The molecule has 1 amide bonds. The number of amides is 1. The summed E-state index contributed by atoms with van der Waals surface area (Å²) in [6.45, 7) is 3.56. The molecule has 5 heteroatoms. The average molecular weight is 208 g/mol. The van der Waals surface area contributed by atoms with Crippen LogP contribution in [0.1, 0.15) is 25.6 Å². The Morgan fingerprint density at radius 3 is 2.60 bits per heavy atom. The summed E-state index contributed by atoms with van der Waals surface area (Å²) in [4.78, 5) is 21.3. The molecule has 0 aliphatic rings. The van der Waals surface area contributed by atoms with Crippen molar-refractivity contribution in [3.8, 4) is 0 Å². The fraction of sp³-hybridized carbons (Fsp3) is 0.500. The van der Waals surface area contributed by atoms with Gasteiger partial charge in [0, 0.05) is 19.4 Å². The lowest BCUT2D eigenvalue weighted by molar-refractivity contribution is -0.132. The minimum absolute atomic E-state index is 0.104. The molecular formula is C10H16N4O. The minimum Gasteiger partial charge on any atom is -0.336 e. The number of nitrogens with two attached hydrogens (primary N) is 1. The van der Waals surface area contributed by atoms with Crippen molar-refractivity contribution in [2.24, 2.45) is 5.73 Å². The standard InChI is InChI=1S/C10H16N4O/c1-7(11)10(15)14(3)8(2)9-6-12-4-5-13-9/h4-8H,11H2,1-3H3/t7?,8-/m0/s1. The maximum absolute atomic E-state index is 11.6. The maximum atomic E-state index is 11.6. The molecule has 0 spiro atoms. The molecule has 15 heavy (non-hydrogen) atoms. The third-order valence-corrected chi connectivity index (χ3v) is 2.33. The lowest BCUT2D eigenvalue weighted by Crippen LogP contribution is -2.41. The van der Waals surface area contributed by atoms with Crippen LogP contribution >= 0.6 is 0 Å². The van der Waals surface area contributed by atoms with Crippen LogP contribution in [0.2, 0.25) is 0 Å².